The molecule has 0 aliphatic rings. The summed E-state index contributed by atoms with van der Waals surface area (Å²) in [4.78, 5) is 0. The van der Waals surface area contributed by atoms with Crippen LogP contribution in [0.15, 0.2) is 18.2 Å². The van der Waals surface area contributed by atoms with E-state index in [2.05, 4.69) is 33.8 Å². The number of aryl methyl sites for hydroxylation is 1. The molecule has 0 bridgehead atoms. The van der Waals surface area contributed by atoms with Crippen LogP contribution in [0.4, 0.5) is 0 Å². The highest BCUT2D eigenvalue weighted by molar-refractivity contribution is 6.21. The number of rotatable bonds is 4. The molecule has 0 N–H and O–H groups in total. The molecular formula is C14H21ClO. The van der Waals surface area contributed by atoms with Gasteiger partial charge in [0.25, 0.3) is 0 Å². The van der Waals surface area contributed by atoms with Gasteiger partial charge in [-0.2, -0.15) is 0 Å². The third kappa shape index (κ3) is 2.70. The quantitative estimate of drug-likeness (QED) is 0.692. The number of hydrogen-bond acceptors (Lipinski definition) is 1. The van der Waals surface area contributed by atoms with Crippen LogP contribution in [-0.2, 0) is 0 Å². The SMILES string of the molecule is CCC(C)(C)C(Cl)c1ccc(OC)cc1C. The molecule has 1 atom stereocenters. The predicted molar refractivity (Wildman–Crippen MR) is 70.4 cm³/mol. The minimum absolute atomic E-state index is 0.0448. The monoisotopic (exact) mass is 240 g/mol. The van der Waals surface area contributed by atoms with Crippen molar-refractivity contribution in [1.82, 2.24) is 0 Å². The second-order valence-electron chi connectivity index (χ2n) is 4.93. The van der Waals surface area contributed by atoms with Gasteiger partial charge in [0.05, 0.1) is 12.5 Å². The molecule has 0 aliphatic carbocycles. The van der Waals surface area contributed by atoms with E-state index < -0.39 is 0 Å². The van der Waals surface area contributed by atoms with Gasteiger partial charge in [-0.3, -0.25) is 0 Å². The first-order valence-corrected chi connectivity index (χ1v) is 6.14. The van der Waals surface area contributed by atoms with E-state index in [1.807, 2.05) is 12.1 Å². The minimum Gasteiger partial charge on any atom is -0.497 e. The Balaban J connectivity index is 3.05. The maximum atomic E-state index is 6.56. The van der Waals surface area contributed by atoms with Crippen molar-refractivity contribution in [3.05, 3.63) is 29.3 Å². The highest BCUT2D eigenvalue weighted by Crippen LogP contribution is 2.42. The molecule has 0 saturated carbocycles. The molecular weight excluding hydrogens is 220 g/mol. The van der Waals surface area contributed by atoms with Gasteiger partial charge < -0.3 is 4.74 Å². The Labute approximate surface area is 104 Å². The molecule has 1 aromatic rings. The average molecular weight is 241 g/mol. The van der Waals surface area contributed by atoms with Gasteiger partial charge in [-0.1, -0.05) is 26.8 Å². The van der Waals surface area contributed by atoms with Crippen molar-refractivity contribution >= 4 is 11.6 Å². The van der Waals surface area contributed by atoms with Gasteiger partial charge in [-0.25, -0.2) is 0 Å². The maximum Gasteiger partial charge on any atom is 0.119 e. The van der Waals surface area contributed by atoms with Crippen molar-refractivity contribution in [3.8, 4) is 5.75 Å². The molecule has 1 unspecified atom stereocenters. The van der Waals surface area contributed by atoms with Gasteiger partial charge >= 0.3 is 0 Å². The molecule has 0 amide bonds. The summed E-state index contributed by atoms with van der Waals surface area (Å²) in [6.45, 7) is 8.66. The highest BCUT2D eigenvalue weighted by Gasteiger charge is 2.28. The van der Waals surface area contributed by atoms with Crippen LogP contribution in [0.25, 0.3) is 0 Å². The lowest BCUT2D eigenvalue weighted by Crippen LogP contribution is -2.17. The average Bonchev–Trinajstić information content (AvgIpc) is 2.28. The van der Waals surface area contributed by atoms with Crippen molar-refractivity contribution in [3.63, 3.8) is 0 Å². The third-order valence-electron chi connectivity index (χ3n) is 3.35. The lowest BCUT2D eigenvalue weighted by molar-refractivity contribution is 0.335. The number of alkyl halides is 1. The standard InChI is InChI=1S/C14H21ClO/c1-6-14(3,4)13(15)12-8-7-11(16-5)9-10(12)2/h7-9,13H,6H2,1-5H3. The third-order valence-corrected chi connectivity index (χ3v) is 4.17. The van der Waals surface area contributed by atoms with E-state index in [0.29, 0.717) is 0 Å². The summed E-state index contributed by atoms with van der Waals surface area (Å²) in [7, 11) is 1.68. The number of methoxy groups -OCH3 is 1. The Kier molecular flexibility index (Phi) is 4.26. The fraction of sp³-hybridized carbons (Fsp3) is 0.571. The zero-order chi connectivity index (χ0) is 12.3. The Morgan fingerprint density at radius 3 is 2.44 bits per heavy atom. The first-order chi connectivity index (χ1) is 7.42. The number of ether oxygens (including phenoxy) is 1. The van der Waals surface area contributed by atoms with Crippen LogP contribution < -0.4 is 4.74 Å². The summed E-state index contributed by atoms with van der Waals surface area (Å²) in [5.74, 6) is 0.888. The van der Waals surface area contributed by atoms with Crippen molar-refractivity contribution in [1.29, 1.82) is 0 Å². The molecule has 1 nitrogen and oxygen atoms in total. The Morgan fingerprint density at radius 1 is 1.38 bits per heavy atom. The molecule has 0 spiro atoms. The van der Waals surface area contributed by atoms with E-state index in [9.17, 15) is 0 Å². The van der Waals surface area contributed by atoms with Crippen LogP contribution in [0.3, 0.4) is 0 Å². The summed E-state index contributed by atoms with van der Waals surface area (Å²) >= 11 is 6.56. The molecule has 0 aliphatic heterocycles. The van der Waals surface area contributed by atoms with Gasteiger partial charge in [-0.15, -0.1) is 11.6 Å². The number of halogens is 1. The summed E-state index contributed by atoms with van der Waals surface area (Å²) in [6, 6.07) is 6.09. The smallest absolute Gasteiger partial charge is 0.119 e. The van der Waals surface area contributed by atoms with E-state index >= 15 is 0 Å². The minimum atomic E-state index is 0.0448. The van der Waals surface area contributed by atoms with E-state index in [0.717, 1.165) is 12.2 Å². The van der Waals surface area contributed by atoms with Crippen LogP contribution in [0.2, 0.25) is 0 Å². The molecule has 0 heterocycles. The molecule has 0 aromatic heterocycles. The van der Waals surface area contributed by atoms with Crippen molar-refractivity contribution < 1.29 is 4.74 Å². The maximum absolute atomic E-state index is 6.56. The molecule has 90 valence electrons. The van der Waals surface area contributed by atoms with Crippen molar-refractivity contribution in [2.75, 3.05) is 7.11 Å². The van der Waals surface area contributed by atoms with Crippen molar-refractivity contribution in [2.24, 2.45) is 5.41 Å². The van der Waals surface area contributed by atoms with E-state index in [4.69, 9.17) is 16.3 Å². The lowest BCUT2D eigenvalue weighted by Gasteiger charge is -2.30. The summed E-state index contributed by atoms with van der Waals surface area (Å²) in [6.07, 6.45) is 1.06. The van der Waals surface area contributed by atoms with Crippen LogP contribution in [0.1, 0.15) is 43.7 Å². The Bertz CT molecular complexity index is 358. The predicted octanol–water partition coefficient (Wildman–Crippen LogP) is 4.72. The van der Waals surface area contributed by atoms with Gasteiger partial charge in [0.2, 0.25) is 0 Å². The molecule has 16 heavy (non-hydrogen) atoms. The van der Waals surface area contributed by atoms with Crippen molar-refractivity contribution in [2.45, 2.75) is 39.5 Å². The molecule has 0 saturated heterocycles. The number of benzene rings is 1. The molecule has 1 aromatic carbocycles. The fourth-order valence-corrected chi connectivity index (χ4v) is 2.06. The van der Waals surface area contributed by atoms with Gasteiger partial charge in [0, 0.05) is 0 Å². The van der Waals surface area contributed by atoms with Gasteiger partial charge in [-0.05, 0) is 42.0 Å². The first kappa shape index (κ1) is 13.4. The van der Waals surface area contributed by atoms with Crippen LogP contribution in [-0.4, -0.2) is 7.11 Å². The molecule has 0 fully saturated rings. The van der Waals surface area contributed by atoms with E-state index in [1.54, 1.807) is 7.11 Å². The zero-order valence-corrected chi connectivity index (χ0v) is 11.6. The number of hydrogen-bond donors (Lipinski definition) is 0. The second-order valence-corrected chi connectivity index (χ2v) is 5.36. The summed E-state index contributed by atoms with van der Waals surface area (Å²) in [5, 5.41) is 0.0448. The fourth-order valence-electron chi connectivity index (χ4n) is 1.66. The molecule has 1 rings (SSSR count). The summed E-state index contributed by atoms with van der Waals surface area (Å²) < 4.78 is 5.20. The highest BCUT2D eigenvalue weighted by atomic mass is 35.5. The van der Waals surface area contributed by atoms with Crippen LogP contribution >= 0.6 is 11.6 Å². The second kappa shape index (κ2) is 5.09. The Hall–Kier alpha value is -0.690. The van der Waals surface area contributed by atoms with E-state index in [-0.39, 0.29) is 10.8 Å². The lowest BCUT2D eigenvalue weighted by atomic mass is 9.81. The van der Waals surface area contributed by atoms with Gasteiger partial charge in [0.15, 0.2) is 0 Å². The summed E-state index contributed by atoms with van der Waals surface area (Å²) in [5.41, 5.74) is 2.51. The first-order valence-electron chi connectivity index (χ1n) is 5.71. The van der Waals surface area contributed by atoms with Crippen LogP contribution in [0, 0.1) is 12.3 Å². The molecule has 0 radical (unpaired) electrons. The topological polar surface area (TPSA) is 9.23 Å². The molecule has 2 heteroatoms. The Morgan fingerprint density at radius 2 is 2.00 bits per heavy atom. The largest absolute Gasteiger partial charge is 0.497 e. The van der Waals surface area contributed by atoms with Gasteiger partial charge in [0.1, 0.15) is 5.75 Å². The zero-order valence-electron chi connectivity index (χ0n) is 10.8. The van der Waals surface area contributed by atoms with E-state index in [1.165, 1.54) is 11.1 Å². The van der Waals surface area contributed by atoms with Crippen LogP contribution in [0.5, 0.6) is 5.75 Å². The normalized spacial score (nSPS) is 13.6.